The summed E-state index contributed by atoms with van der Waals surface area (Å²) in [5.74, 6) is 0.322. The van der Waals surface area contributed by atoms with Crippen LogP contribution in [-0.2, 0) is 9.53 Å². The number of nitrogens with one attached hydrogen (secondary N) is 1. The molecule has 3 N–H and O–H groups in total. The van der Waals surface area contributed by atoms with Gasteiger partial charge in [0.2, 0.25) is 5.91 Å². The predicted octanol–water partition coefficient (Wildman–Crippen LogP) is 2.29. The van der Waals surface area contributed by atoms with Crippen molar-refractivity contribution in [3.63, 3.8) is 0 Å². The minimum atomic E-state index is -0.438. The summed E-state index contributed by atoms with van der Waals surface area (Å²) in [5.41, 5.74) is 7.79. The quantitative estimate of drug-likeness (QED) is 0.868. The minimum Gasteiger partial charge on any atom is -0.381 e. The van der Waals surface area contributed by atoms with Gasteiger partial charge in [-0.2, -0.15) is 0 Å². The lowest BCUT2D eigenvalue weighted by Crippen LogP contribution is -2.50. The fourth-order valence-electron chi connectivity index (χ4n) is 4.16. The van der Waals surface area contributed by atoms with Crippen molar-refractivity contribution in [1.82, 2.24) is 10.3 Å². The average molecular weight is 331 g/mol. The maximum Gasteiger partial charge on any atom is 0.225 e. The van der Waals surface area contributed by atoms with Gasteiger partial charge >= 0.3 is 0 Å². The van der Waals surface area contributed by atoms with Crippen LogP contribution in [0.15, 0.2) is 18.3 Å². The molecule has 1 saturated carbocycles. The third-order valence-corrected chi connectivity index (χ3v) is 5.81. The van der Waals surface area contributed by atoms with Crippen molar-refractivity contribution in [2.45, 2.75) is 57.4 Å². The summed E-state index contributed by atoms with van der Waals surface area (Å²) in [5, 5.41) is 3.65. The zero-order valence-corrected chi connectivity index (χ0v) is 14.6. The first kappa shape index (κ1) is 17.4. The van der Waals surface area contributed by atoms with E-state index in [-0.39, 0.29) is 5.91 Å². The van der Waals surface area contributed by atoms with Crippen LogP contribution in [0.25, 0.3) is 0 Å². The highest BCUT2D eigenvalue weighted by atomic mass is 16.5. The number of pyridine rings is 1. The van der Waals surface area contributed by atoms with Crippen LogP contribution < -0.4 is 11.1 Å². The monoisotopic (exact) mass is 331 g/mol. The Balaban J connectivity index is 1.61. The van der Waals surface area contributed by atoms with Crippen LogP contribution >= 0.6 is 0 Å². The van der Waals surface area contributed by atoms with Gasteiger partial charge in [-0.1, -0.05) is 12.5 Å². The van der Waals surface area contributed by atoms with E-state index >= 15 is 0 Å². The third kappa shape index (κ3) is 3.78. The van der Waals surface area contributed by atoms with Crippen molar-refractivity contribution in [3.05, 3.63) is 29.6 Å². The summed E-state index contributed by atoms with van der Waals surface area (Å²) in [6.45, 7) is 4.07. The number of hydrogen-bond donors (Lipinski definition) is 2. The van der Waals surface area contributed by atoms with E-state index in [2.05, 4.69) is 23.3 Å². The third-order valence-electron chi connectivity index (χ3n) is 5.81. The highest BCUT2D eigenvalue weighted by Gasteiger charge is 2.39. The lowest BCUT2D eigenvalue weighted by atomic mass is 9.78. The number of hydrogen-bond acceptors (Lipinski definition) is 4. The Morgan fingerprint density at radius 3 is 2.92 bits per heavy atom. The Morgan fingerprint density at radius 1 is 1.42 bits per heavy atom. The Labute approximate surface area is 144 Å². The van der Waals surface area contributed by atoms with E-state index in [1.807, 2.05) is 12.3 Å². The molecule has 1 amide bonds. The molecular formula is C19H29N3O2. The van der Waals surface area contributed by atoms with Crippen LogP contribution in [0.2, 0.25) is 0 Å². The number of nitrogens with two attached hydrogens (primary N) is 1. The molecule has 3 rings (SSSR count). The summed E-state index contributed by atoms with van der Waals surface area (Å²) in [6, 6.07) is 4.58. The highest BCUT2D eigenvalue weighted by Crippen LogP contribution is 2.35. The number of carbonyl (C=O) groups excluding carboxylic acids is 1. The second-order valence-corrected chi connectivity index (χ2v) is 7.40. The maximum absolute atomic E-state index is 12.0. The van der Waals surface area contributed by atoms with Crippen LogP contribution in [0.5, 0.6) is 0 Å². The summed E-state index contributed by atoms with van der Waals surface area (Å²) < 4.78 is 5.41. The van der Waals surface area contributed by atoms with E-state index in [4.69, 9.17) is 10.5 Å². The van der Waals surface area contributed by atoms with Gasteiger partial charge in [0.15, 0.2) is 0 Å². The fraction of sp³-hybridized carbons (Fsp3) is 0.684. The van der Waals surface area contributed by atoms with Gasteiger partial charge in [-0.15, -0.1) is 0 Å². The van der Waals surface area contributed by atoms with Gasteiger partial charge in [-0.3, -0.25) is 9.78 Å². The average Bonchev–Trinajstić information content (AvgIpc) is 2.61. The Hall–Kier alpha value is -1.46. The first-order valence-corrected chi connectivity index (χ1v) is 9.13. The second kappa shape index (κ2) is 7.62. The van der Waals surface area contributed by atoms with Gasteiger partial charge in [-0.25, -0.2) is 0 Å². The smallest absolute Gasteiger partial charge is 0.225 e. The largest absolute Gasteiger partial charge is 0.381 e. The number of aromatic nitrogens is 1. The summed E-state index contributed by atoms with van der Waals surface area (Å²) in [6.07, 6.45) is 7.99. The molecule has 2 aliphatic rings. The van der Waals surface area contributed by atoms with Gasteiger partial charge in [-0.05, 0) is 50.7 Å². The topological polar surface area (TPSA) is 77.2 Å². The molecule has 0 unspecified atom stereocenters. The van der Waals surface area contributed by atoms with Crippen LogP contribution in [0.4, 0.5) is 0 Å². The van der Waals surface area contributed by atoms with Gasteiger partial charge in [0.1, 0.15) is 0 Å². The molecule has 1 aliphatic carbocycles. The van der Waals surface area contributed by atoms with Crippen molar-refractivity contribution in [2.75, 3.05) is 19.8 Å². The van der Waals surface area contributed by atoms with E-state index in [1.165, 1.54) is 24.1 Å². The number of nitrogens with zero attached hydrogens (tertiary/aromatic N) is 1. The van der Waals surface area contributed by atoms with Crippen LogP contribution in [0.3, 0.4) is 0 Å². The predicted molar refractivity (Wildman–Crippen MR) is 93.7 cm³/mol. The molecule has 5 heteroatoms. The Bertz CT molecular complexity index is 569. The molecule has 1 aliphatic heterocycles. The molecule has 1 saturated heterocycles. The molecular weight excluding hydrogens is 302 g/mol. The SMILES string of the molecule is Cc1cccnc1[C@@H]1CCC[C@H](NCC2(C(N)=O)CCOCC2)C1. The van der Waals surface area contributed by atoms with Crippen molar-refractivity contribution < 1.29 is 9.53 Å². The number of primary amides is 1. The molecule has 0 aromatic carbocycles. The molecule has 132 valence electrons. The number of aryl methyl sites for hydroxylation is 1. The van der Waals surface area contributed by atoms with Crippen LogP contribution in [0, 0.1) is 12.3 Å². The van der Waals surface area contributed by atoms with Crippen molar-refractivity contribution in [1.29, 1.82) is 0 Å². The molecule has 5 nitrogen and oxygen atoms in total. The van der Waals surface area contributed by atoms with E-state index in [0.29, 0.717) is 31.7 Å². The van der Waals surface area contributed by atoms with Crippen LogP contribution in [0.1, 0.15) is 55.7 Å². The molecule has 1 aromatic heterocycles. The maximum atomic E-state index is 12.0. The first-order chi connectivity index (χ1) is 11.6. The molecule has 1 aromatic rings. The number of ether oxygens (including phenoxy) is 1. The minimum absolute atomic E-state index is 0.189. The van der Waals surface area contributed by atoms with E-state index < -0.39 is 5.41 Å². The van der Waals surface area contributed by atoms with Crippen LogP contribution in [-0.4, -0.2) is 36.7 Å². The van der Waals surface area contributed by atoms with E-state index in [9.17, 15) is 4.79 Å². The molecule has 24 heavy (non-hydrogen) atoms. The molecule has 0 radical (unpaired) electrons. The summed E-state index contributed by atoms with van der Waals surface area (Å²) in [7, 11) is 0. The number of carbonyl (C=O) groups is 1. The zero-order chi connectivity index (χ0) is 17.0. The molecule has 0 spiro atoms. The second-order valence-electron chi connectivity index (χ2n) is 7.40. The molecule has 2 atom stereocenters. The Morgan fingerprint density at radius 2 is 2.21 bits per heavy atom. The number of rotatable bonds is 5. The van der Waals surface area contributed by atoms with E-state index in [0.717, 1.165) is 25.7 Å². The molecule has 0 bridgehead atoms. The lowest BCUT2D eigenvalue weighted by molar-refractivity contribution is -0.133. The Kier molecular flexibility index (Phi) is 5.51. The van der Waals surface area contributed by atoms with Gasteiger partial charge < -0.3 is 15.8 Å². The van der Waals surface area contributed by atoms with Gasteiger partial charge in [0.25, 0.3) is 0 Å². The normalized spacial score (nSPS) is 26.9. The summed E-state index contributed by atoms with van der Waals surface area (Å²) >= 11 is 0. The van der Waals surface area contributed by atoms with Crippen molar-refractivity contribution in [2.24, 2.45) is 11.1 Å². The zero-order valence-electron chi connectivity index (χ0n) is 14.6. The lowest BCUT2D eigenvalue weighted by Gasteiger charge is -2.37. The van der Waals surface area contributed by atoms with Gasteiger partial charge in [0, 0.05) is 43.6 Å². The standard InChI is InChI=1S/C19H29N3O2/c1-14-4-3-9-21-17(14)15-5-2-6-16(12-15)22-13-19(18(20)23)7-10-24-11-8-19/h3-4,9,15-16,22H,2,5-8,10-13H2,1H3,(H2,20,23)/t15-,16+/m1/s1. The van der Waals surface area contributed by atoms with E-state index in [1.54, 1.807) is 0 Å². The summed E-state index contributed by atoms with van der Waals surface area (Å²) in [4.78, 5) is 16.6. The number of amides is 1. The fourth-order valence-corrected chi connectivity index (χ4v) is 4.16. The molecule has 2 fully saturated rings. The van der Waals surface area contributed by atoms with Crippen molar-refractivity contribution in [3.8, 4) is 0 Å². The first-order valence-electron chi connectivity index (χ1n) is 9.13. The van der Waals surface area contributed by atoms with Gasteiger partial charge in [0.05, 0.1) is 5.41 Å². The molecule has 2 heterocycles. The highest BCUT2D eigenvalue weighted by molar-refractivity contribution is 5.81. The van der Waals surface area contributed by atoms with Crippen molar-refractivity contribution >= 4 is 5.91 Å².